The zero-order chi connectivity index (χ0) is 25.0. The molecule has 37 heavy (non-hydrogen) atoms. The lowest BCUT2D eigenvalue weighted by molar-refractivity contribution is 0.306. The van der Waals surface area contributed by atoms with Crippen molar-refractivity contribution >= 4 is 37.4 Å². The zero-order valence-electron chi connectivity index (χ0n) is 20.5. The molecule has 1 aromatic heterocycles. The van der Waals surface area contributed by atoms with Gasteiger partial charge in [-0.05, 0) is 91.0 Å². The summed E-state index contributed by atoms with van der Waals surface area (Å²) in [5, 5.41) is 4.55. The Morgan fingerprint density at radius 3 is 2.30 bits per heavy atom. The number of piperidine rings is 1. The van der Waals surface area contributed by atoms with Gasteiger partial charge in [0.15, 0.2) is 5.75 Å². The van der Waals surface area contributed by atoms with E-state index < -0.39 is 0 Å². The minimum Gasteiger partial charge on any atom is -0.489 e. The highest BCUT2D eigenvalue weighted by atomic mass is 79.9. The number of fused-ring (bicyclic) bond motifs is 1. The van der Waals surface area contributed by atoms with E-state index in [0.29, 0.717) is 12.5 Å². The summed E-state index contributed by atoms with van der Waals surface area (Å²) in [6, 6.07) is 33.6. The summed E-state index contributed by atoms with van der Waals surface area (Å²) < 4.78 is 14.9. The Hall–Kier alpha value is -3.12. The van der Waals surface area contributed by atoms with Crippen molar-refractivity contribution in [1.82, 2.24) is 5.32 Å². The third-order valence-corrected chi connectivity index (χ3v) is 8.59. The Bertz CT molecular complexity index is 1470. The van der Waals surface area contributed by atoms with Crippen LogP contribution in [0, 0.1) is 0 Å². The predicted molar refractivity (Wildman–Crippen MR) is 157 cm³/mol. The van der Waals surface area contributed by atoms with Crippen LogP contribution in [0.2, 0.25) is 0 Å². The summed E-state index contributed by atoms with van der Waals surface area (Å²) in [6.07, 6.45) is 2.38. The molecule has 0 spiro atoms. The highest BCUT2D eigenvalue weighted by Gasteiger charge is 2.19. The molecule has 0 unspecified atom stereocenters. The Morgan fingerprint density at radius 2 is 1.54 bits per heavy atom. The molecule has 5 heteroatoms. The van der Waals surface area contributed by atoms with E-state index in [1.165, 1.54) is 18.4 Å². The van der Waals surface area contributed by atoms with Crippen LogP contribution in [0.5, 0.6) is 17.2 Å². The number of ether oxygens (including phenoxy) is 2. The molecule has 1 fully saturated rings. The Labute approximate surface area is 230 Å². The summed E-state index contributed by atoms with van der Waals surface area (Å²) in [7, 11) is 0. The van der Waals surface area contributed by atoms with Crippen molar-refractivity contribution < 1.29 is 9.47 Å². The molecule has 0 saturated carbocycles. The van der Waals surface area contributed by atoms with E-state index in [9.17, 15) is 0 Å². The third kappa shape index (κ3) is 5.59. The first-order valence-electron chi connectivity index (χ1n) is 12.7. The van der Waals surface area contributed by atoms with Gasteiger partial charge in [0.2, 0.25) is 0 Å². The maximum absolute atomic E-state index is 6.60. The molecule has 0 radical (unpaired) electrons. The number of hydrogen-bond acceptors (Lipinski definition) is 4. The van der Waals surface area contributed by atoms with E-state index in [2.05, 4.69) is 94.0 Å². The van der Waals surface area contributed by atoms with Gasteiger partial charge in [0.05, 0.1) is 4.88 Å². The topological polar surface area (TPSA) is 30.5 Å². The number of halogens is 1. The standard InChI is InChI=1S/C32H28BrNO2S/c33-26-10-6-25(7-11-26)32-31(36-27-12-8-23(9-13-27)24-16-18-34-19-17-24)29-15-14-28(20-30(29)37-32)35-21-22-4-2-1-3-5-22/h1-15,20,24,34H,16-19,21H2. The largest absolute Gasteiger partial charge is 0.489 e. The lowest BCUT2D eigenvalue weighted by Gasteiger charge is -2.23. The molecule has 0 atom stereocenters. The monoisotopic (exact) mass is 569 g/mol. The minimum atomic E-state index is 0.546. The van der Waals surface area contributed by atoms with Crippen molar-refractivity contribution in [2.24, 2.45) is 0 Å². The molecule has 0 amide bonds. The fourth-order valence-electron chi connectivity index (χ4n) is 4.86. The van der Waals surface area contributed by atoms with Gasteiger partial charge in [-0.15, -0.1) is 11.3 Å². The molecular weight excluding hydrogens is 542 g/mol. The van der Waals surface area contributed by atoms with E-state index in [4.69, 9.17) is 9.47 Å². The summed E-state index contributed by atoms with van der Waals surface area (Å²) in [6.45, 7) is 2.73. The van der Waals surface area contributed by atoms with Crippen LogP contribution >= 0.6 is 27.3 Å². The second kappa shape index (κ2) is 11.1. The maximum atomic E-state index is 6.60. The molecule has 186 valence electrons. The van der Waals surface area contributed by atoms with Crippen molar-refractivity contribution in [3.8, 4) is 27.7 Å². The van der Waals surface area contributed by atoms with Gasteiger partial charge in [-0.25, -0.2) is 0 Å². The fourth-order valence-corrected chi connectivity index (χ4v) is 6.29. The maximum Gasteiger partial charge on any atom is 0.153 e. The first-order chi connectivity index (χ1) is 18.2. The molecule has 2 heterocycles. The van der Waals surface area contributed by atoms with Crippen molar-refractivity contribution in [1.29, 1.82) is 0 Å². The van der Waals surface area contributed by atoms with Gasteiger partial charge >= 0.3 is 0 Å². The number of rotatable bonds is 7. The molecule has 4 aromatic carbocycles. The van der Waals surface area contributed by atoms with Gasteiger partial charge in [-0.2, -0.15) is 0 Å². The van der Waals surface area contributed by atoms with Crippen molar-refractivity contribution in [2.75, 3.05) is 13.1 Å². The third-order valence-electron chi connectivity index (χ3n) is 6.88. The predicted octanol–water partition coefficient (Wildman–Crippen LogP) is 9.17. The average Bonchev–Trinajstić information content (AvgIpc) is 3.31. The second-order valence-electron chi connectivity index (χ2n) is 9.39. The summed E-state index contributed by atoms with van der Waals surface area (Å²) in [5.41, 5.74) is 3.69. The van der Waals surface area contributed by atoms with Crippen LogP contribution in [0.4, 0.5) is 0 Å². The second-order valence-corrected chi connectivity index (χ2v) is 11.4. The van der Waals surface area contributed by atoms with Crippen LogP contribution in [0.1, 0.15) is 29.9 Å². The first kappa shape index (κ1) is 24.2. The van der Waals surface area contributed by atoms with Crippen LogP contribution in [0.25, 0.3) is 20.5 Å². The quantitative estimate of drug-likeness (QED) is 0.212. The fraction of sp³-hybridized carbons (Fsp3) is 0.188. The van der Waals surface area contributed by atoms with Gasteiger partial charge in [-0.1, -0.05) is 70.5 Å². The number of nitrogens with one attached hydrogen (secondary N) is 1. The summed E-state index contributed by atoms with van der Waals surface area (Å²) in [5.74, 6) is 3.24. The first-order valence-corrected chi connectivity index (χ1v) is 14.3. The molecule has 0 aliphatic carbocycles. The normalized spacial score (nSPS) is 14.1. The minimum absolute atomic E-state index is 0.546. The number of thiophene rings is 1. The van der Waals surface area contributed by atoms with Gasteiger partial charge in [-0.3, -0.25) is 0 Å². The molecule has 1 aliphatic rings. The zero-order valence-corrected chi connectivity index (χ0v) is 22.9. The van der Waals surface area contributed by atoms with Gasteiger partial charge < -0.3 is 14.8 Å². The molecule has 6 rings (SSSR count). The van der Waals surface area contributed by atoms with Crippen LogP contribution in [-0.4, -0.2) is 13.1 Å². The van der Waals surface area contributed by atoms with E-state index in [1.807, 2.05) is 24.3 Å². The Morgan fingerprint density at radius 1 is 0.811 bits per heavy atom. The van der Waals surface area contributed by atoms with E-state index in [1.54, 1.807) is 11.3 Å². The molecular formula is C32H28BrNO2S. The Balaban J connectivity index is 1.31. The highest BCUT2D eigenvalue weighted by molar-refractivity contribution is 9.10. The highest BCUT2D eigenvalue weighted by Crippen LogP contribution is 2.47. The van der Waals surface area contributed by atoms with Crippen LogP contribution in [0.3, 0.4) is 0 Å². The lowest BCUT2D eigenvalue weighted by Crippen LogP contribution is -2.26. The average molecular weight is 571 g/mol. The number of benzene rings is 4. The van der Waals surface area contributed by atoms with Crippen molar-refractivity contribution in [3.05, 3.63) is 113 Å². The van der Waals surface area contributed by atoms with E-state index in [-0.39, 0.29) is 0 Å². The van der Waals surface area contributed by atoms with Crippen molar-refractivity contribution in [3.63, 3.8) is 0 Å². The van der Waals surface area contributed by atoms with Gasteiger partial charge in [0.1, 0.15) is 18.1 Å². The van der Waals surface area contributed by atoms with Crippen LogP contribution < -0.4 is 14.8 Å². The van der Waals surface area contributed by atoms with Gasteiger partial charge in [0.25, 0.3) is 0 Å². The summed E-state index contributed by atoms with van der Waals surface area (Å²) >= 11 is 5.30. The lowest BCUT2D eigenvalue weighted by atomic mass is 9.90. The summed E-state index contributed by atoms with van der Waals surface area (Å²) in [4.78, 5) is 1.12. The molecule has 3 nitrogen and oxygen atoms in total. The Kier molecular flexibility index (Phi) is 7.27. The van der Waals surface area contributed by atoms with Crippen LogP contribution in [0.15, 0.2) is 102 Å². The molecule has 1 saturated heterocycles. The smallest absolute Gasteiger partial charge is 0.153 e. The molecule has 1 aliphatic heterocycles. The van der Waals surface area contributed by atoms with Crippen LogP contribution in [-0.2, 0) is 6.61 Å². The SMILES string of the molecule is Brc1ccc(-c2sc3cc(OCc4ccccc4)ccc3c2Oc2ccc(C3CCNCC3)cc2)cc1. The molecule has 5 aromatic rings. The van der Waals surface area contributed by atoms with E-state index in [0.717, 1.165) is 60.9 Å². The molecule has 0 bridgehead atoms. The van der Waals surface area contributed by atoms with Gasteiger partial charge in [0, 0.05) is 14.6 Å². The van der Waals surface area contributed by atoms with Crippen molar-refractivity contribution in [2.45, 2.75) is 25.4 Å². The van der Waals surface area contributed by atoms with E-state index >= 15 is 0 Å². The number of hydrogen-bond donors (Lipinski definition) is 1. The molecule has 1 N–H and O–H groups in total.